The number of phenols is 1. The van der Waals surface area contributed by atoms with Crippen LogP contribution in [0.5, 0.6) is 5.75 Å². The molecule has 100 valence electrons. The Morgan fingerprint density at radius 2 is 2.00 bits per heavy atom. The minimum absolute atomic E-state index is 0.0250. The number of phenolic OH excluding ortho intramolecular Hbond substituents is 1. The number of amides is 1. The average molecular weight is 253 g/mol. The van der Waals surface area contributed by atoms with Crippen molar-refractivity contribution in [2.45, 2.75) is 39.7 Å². The van der Waals surface area contributed by atoms with E-state index in [0.717, 1.165) is 25.0 Å². The molecule has 0 radical (unpaired) electrons. The Kier molecular flexibility index (Phi) is 5.13. The molecule has 0 aliphatic rings. The monoisotopic (exact) mass is 253 g/mol. The summed E-state index contributed by atoms with van der Waals surface area (Å²) in [6.07, 6.45) is 1.96. The molecule has 1 atom stereocenters. The predicted molar refractivity (Wildman–Crippen MR) is 69.1 cm³/mol. The molecule has 0 saturated heterocycles. The molecular formula is C14H20FNO2. The second-order valence-electron chi connectivity index (χ2n) is 4.50. The predicted octanol–water partition coefficient (Wildman–Crippen LogP) is 3.09. The van der Waals surface area contributed by atoms with Crippen molar-refractivity contribution in [3.8, 4) is 5.75 Å². The third kappa shape index (κ3) is 3.45. The maximum Gasteiger partial charge on any atom is 0.255 e. The third-order valence-electron chi connectivity index (χ3n) is 3.32. The Balaban J connectivity index is 2.76. The molecule has 0 bridgehead atoms. The number of hydrogen-bond donors (Lipinski definition) is 2. The quantitative estimate of drug-likeness (QED) is 0.847. The van der Waals surface area contributed by atoms with Crippen LogP contribution in [0.3, 0.4) is 0 Å². The molecule has 1 unspecified atom stereocenters. The van der Waals surface area contributed by atoms with Gasteiger partial charge in [-0.15, -0.1) is 0 Å². The summed E-state index contributed by atoms with van der Waals surface area (Å²) in [4.78, 5) is 11.9. The smallest absolute Gasteiger partial charge is 0.255 e. The number of hydrogen-bond acceptors (Lipinski definition) is 2. The molecule has 18 heavy (non-hydrogen) atoms. The highest BCUT2D eigenvalue weighted by Gasteiger charge is 2.18. The highest BCUT2D eigenvalue weighted by Crippen LogP contribution is 2.19. The van der Waals surface area contributed by atoms with Crippen LogP contribution in [0.1, 0.15) is 44.0 Å². The maximum absolute atomic E-state index is 12.8. The second kappa shape index (κ2) is 6.38. The topological polar surface area (TPSA) is 49.3 Å². The summed E-state index contributed by atoms with van der Waals surface area (Å²) < 4.78 is 12.8. The van der Waals surface area contributed by atoms with Gasteiger partial charge in [0.1, 0.15) is 11.6 Å². The summed E-state index contributed by atoms with van der Waals surface area (Å²) in [5.74, 6) is -0.857. The van der Waals surface area contributed by atoms with E-state index >= 15 is 0 Å². The summed E-state index contributed by atoms with van der Waals surface area (Å²) in [6, 6.07) is 3.42. The third-order valence-corrected chi connectivity index (χ3v) is 3.32. The van der Waals surface area contributed by atoms with Crippen LogP contribution in [0.25, 0.3) is 0 Å². The standard InChI is InChI=1S/C14H20FNO2/c1-4-10(5-2)9(3)16-14(18)12-7-6-11(15)8-13(12)17/h6-10,17H,4-5H2,1-3H3,(H,16,18). The Bertz CT molecular complexity index is 416. The summed E-state index contributed by atoms with van der Waals surface area (Å²) in [5.41, 5.74) is 0.106. The number of carbonyl (C=O) groups is 1. The number of carbonyl (C=O) groups excluding carboxylic acids is 1. The SMILES string of the molecule is CCC(CC)C(C)NC(=O)c1ccc(F)cc1O. The molecular weight excluding hydrogens is 233 g/mol. The lowest BCUT2D eigenvalue weighted by Crippen LogP contribution is -2.37. The minimum atomic E-state index is -0.558. The number of nitrogens with one attached hydrogen (secondary N) is 1. The fourth-order valence-corrected chi connectivity index (χ4v) is 2.09. The van der Waals surface area contributed by atoms with Crippen molar-refractivity contribution in [1.82, 2.24) is 5.32 Å². The van der Waals surface area contributed by atoms with Crippen molar-refractivity contribution in [1.29, 1.82) is 0 Å². The van der Waals surface area contributed by atoms with Gasteiger partial charge in [0.05, 0.1) is 5.56 Å². The molecule has 0 heterocycles. The first kappa shape index (κ1) is 14.5. The van der Waals surface area contributed by atoms with E-state index in [1.807, 2.05) is 6.92 Å². The van der Waals surface area contributed by atoms with Crippen molar-refractivity contribution >= 4 is 5.91 Å². The summed E-state index contributed by atoms with van der Waals surface area (Å²) in [5, 5.41) is 12.4. The van der Waals surface area contributed by atoms with Gasteiger partial charge >= 0.3 is 0 Å². The highest BCUT2D eigenvalue weighted by molar-refractivity contribution is 5.96. The Morgan fingerprint density at radius 3 is 2.50 bits per heavy atom. The Morgan fingerprint density at radius 1 is 1.39 bits per heavy atom. The zero-order valence-corrected chi connectivity index (χ0v) is 11.0. The normalized spacial score (nSPS) is 12.5. The number of rotatable bonds is 5. The molecule has 1 aromatic carbocycles. The van der Waals surface area contributed by atoms with Gasteiger partial charge in [0.15, 0.2) is 0 Å². The van der Waals surface area contributed by atoms with E-state index in [0.29, 0.717) is 5.92 Å². The van der Waals surface area contributed by atoms with Gasteiger partial charge < -0.3 is 10.4 Å². The zero-order chi connectivity index (χ0) is 13.7. The fourth-order valence-electron chi connectivity index (χ4n) is 2.09. The molecule has 0 saturated carbocycles. The molecule has 1 rings (SSSR count). The van der Waals surface area contributed by atoms with Crippen LogP contribution in [0, 0.1) is 11.7 Å². The molecule has 0 spiro atoms. The van der Waals surface area contributed by atoms with Crippen LogP contribution in [-0.2, 0) is 0 Å². The first-order valence-electron chi connectivity index (χ1n) is 6.28. The number of benzene rings is 1. The number of aromatic hydroxyl groups is 1. The van der Waals surface area contributed by atoms with Crippen molar-refractivity contribution in [3.05, 3.63) is 29.6 Å². The lowest BCUT2D eigenvalue weighted by atomic mass is 9.95. The van der Waals surface area contributed by atoms with Crippen molar-refractivity contribution in [3.63, 3.8) is 0 Å². The van der Waals surface area contributed by atoms with E-state index in [1.54, 1.807) is 0 Å². The maximum atomic E-state index is 12.8. The molecule has 2 N–H and O–H groups in total. The lowest BCUT2D eigenvalue weighted by Gasteiger charge is -2.22. The molecule has 4 heteroatoms. The minimum Gasteiger partial charge on any atom is -0.507 e. The summed E-state index contributed by atoms with van der Waals surface area (Å²) in [7, 11) is 0. The molecule has 0 aromatic heterocycles. The van der Waals surface area contributed by atoms with Gasteiger partial charge in [-0.05, 0) is 25.0 Å². The summed E-state index contributed by atoms with van der Waals surface area (Å²) >= 11 is 0. The summed E-state index contributed by atoms with van der Waals surface area (Å²) in [6.45, 7) is 6.09. The number of halogens is 1. The second-order valence-corrected chi connectivity index (χ2v) is 4.50. The zero-order valence-electron chi connectivity index (χ0n) is 11.0. The fraction of sp³-hybridized carbons (Fsp3) is 0.500. The lowest BCUT2D eigenvalue weighted by molar-refractivity contribution is 0.0922. The van der Waals surface area contributed by atoms with E-state index < -0.39 is 5.82 Å². The Labute approximate surface area is 107 Å². The van der Waals surface area contributed by atoms with E-state index in [2.05, 4.69) is 19.2 Å². The van der Waals surface area contributed by atoms with E-state index in [1.165, 1.54) is 6.07 Å². The van der Waals surface area contributed by atoms with Crippen molar-refractivity contribution in [2.24, 2.45) is 5.92 Å². The first-order valence-corrected chi connectivity index (χ1v) is 6.28. The van der Waals surface area contributed by atoms with Gasteiger partial charge in [-0.1, -0.05) is 26.7 Å². The van der Waals surface area contributed by atoms with Crippen LogP contribution in [0.2, 0.25) is 0 Å². The molecule has 0 aliphatic heterocycles. The van der Waals surface area contributed by atoms with Crippen LogP contribution >= 0.6 is 0 Å². The van der Waals surface area contributed by atoms with Crippen LogP contribution in [-0.4, -0.2) is 17.1 Å². The molecule has 3 nitrogen and oxygen atoms in total. The van der Waals surface area contributed by atoms with Gasteiger partial charge in [-0.3, -0.25) is 4.79 Å². The van der Waals surface area contributed by atoms with Gasteiger partial charge in [-0.2, -0.15) is 0 Å². The van der Waals surface area contributed by atoms with E-state index in [-0.39, 0.29) is 23.3 Å². The molecule has 0 aliphatic carbocycles. The average Bonchev–Trinajstić information content (AvgIpc) is 2.30. The van der Waals surface area contributed by atoms with Crippen LogP contribution < -0.4 is 5.32 Å². The first-order chi connectivity index (χ1) is 8.49. The van der Waals surface area contributed by atoms with Gasteiger partial charge in [0.25, 0.3) is 5.91 Å². The van der Waals surface area contributed by atoms with Crippen LogP contribution in [0.4, 0.5) is 4.39 Å². The van der Waals surface area contributed by atoms with Gasteiger partial charge in [-0.25, -0.2) is 4.39 Å². The van der Waals surface area contributed by atoms with E-state index in [4.69, 9.17) is 0 Å². The molecule has 1 amide bonds. The highest BCUT2D eigenvalue weighted by atomic mass is 19.1. The van der Waals surface area contributed by atoms with Crippen molar-refractivity contribution < 1.29 is 14.3 Å². The van der Waals surface area contributed by atoms with Crippen LogP contribution in [0.15, 0.2) is 18.2 Å². The van der Waals surface area contributed by atoms with Gasteiger partial charge in [0, 0.05) is 12.1 Å². The largest absolute Gasteiger partial charge is 0.507 e. The van der Waals surface area contributed by atoms with Crippen molar-refractivity contribution in [2.75, 3.05) is 0 Å². The molecule has 0 fully saturated rings. The van der Waals surface area contributed by atoms with Gasteiger partial charge in [0.2, 0.25) is 0 Å². The molecule has 1 aromatic rings. The Hall–Kier alpha value is -1.58. The van der Waals surface area contributed by atoms with E-state index in [9.17, 15) is 14.3 Å².